The molecule has 1 aromatic rings. The van der Waals surface area contributed by atoms with E-state index < -0.39 is 5.60 Å². The van der Waals surface area contributed by atoms with Gasteiger partial charge in [-0.15, -0.1) is 0 Å². The van der Waals surface area contributed by atoms with E-state index in [2.05, 4.69) is 35.2 Å². The number of rotatable bonds is 6. The Labute approximate surface area is 184 Å². The number of hydrogen-bond acceptors (Lipinski definition) is 5. The highest BCUT2D eigenvalue weighted by atomic mass is 16.5. The zero-order valence-corrected chi connectivity index (χ0v) is 18.1. The predicted octanol–water partition coefficient (Wildman–Crippen LogP) is 5.36. The first-order valence-corrected chi connectivity index (χ1v) is 9.68. The second kappa shape index (κ2) is 10.5. The Balaban J connectivity index is 2.06. The molecule has 2 rings (SSSR count). The lowest BCUT2D eigenvalue weighted by Crippen LogP contribution is -2.20. The van der Waals surface area contributed by atoms with Crippen LogP contribution in [0, 0.1) is 34.0 Å². The summed E-state index contributed by atoms with van der Waals surface area (Å²) in [7, 11) is 4.02. The summed E-state index contributed by atoms with van der Waals surface area (Å²) >= 11 is 0. The maximum atomic E-state index is 9.50. The van der Waals surface area contributed by atoms with Crippen LogP contribution in [0.5, 0.6) is 0 Å². The number of nitriles is 3. The minimum Gasteiger partial charge on any atom is -0.480 e. The molecule has 0 spiro atoms. The molecule has 0 fully saturated rings. The molecule has 154 valence electrons. The van der Waals surface area contributed by atoms with Crippen molar-refractivity contribution < 1.29 is 4.74 Å². The molecule has 0 N–H and O–H groups in total. The Hall–Kier alpha value is -4.27. The van der Waals surface area contributed by atoms with Crippen molar-refractivity contribution in [2.75, 3.05) is 19.0 Å². The number of ether oxygens (including phenoxy) is 1. The van der Waals surface area contributed by atoms with Crippen molar-refractivity contribution in [3.63, 3.8) is 0 Å². The fraction of sp³-hybridized carbons (Fsp3) is 0.192. The molecule has 5 heteroatoms. The first kappa shape index (κ1) is 23.0. The molecule has 1 aliphatic rings. The summed E-state index contributed by atoms with van der Waals surface area (Å²) in [6.45, 7) is 3.59. The molecule has 0 atom stereocenters. The van der Waals surface area contributed by atoms with Crippen LogP contribution in [0.3, 0.4) is 0 Å². The molecule has 0 saturated carbocycles. The van der Waals surface area contributed by atoms with E-state index in [1.165, 1.54) is 0 Å². The van der Waals surface area contributed by atoms with Gasteiger partial charge in [0, 0.05) is 25.4 Å². The van der Waals surface area contributed by atoms with E-state index in [4.69, 9.17) is 15.3 Å². The molecule has 0 saturated heterocycles. The average Bonchev–Trinajstić information content (AvgIpc) is 3.00. The first-order chi connectivity index (χ1) is 14.8. The molecule has 1 aliphatic heterocycles. The van der Waals surface area contributed by atoms with Crippen LogP contribution in [0.15, 0.2) is 89.3 Å². The third-order valence-corrected chi connectivity index (χ3v) is 4.58. The SMILES string of the molecule is CN(C)c1ccc(/C=C/C=C/C=C/C=C/C2=C(C#N)C(=C(C#N)C#N)OC2(C)C)cc1. The summed E-state index contributed by atoms with van der Waals surface area (Å²) in [6, 6.07) is 13.9. The second-order valence-electron chi connectivity index (χ2n) is 7.41. The van der Waals surface area contributed by atoms with Gasteiger partial charge < -0.3 is 9.64 Å². The molecule has 1 aromatic carbocycles. The number of anilines is 1. The average molecular weight is 409 g/mol. The lowest BCUT2D eigenvalue weighted by atomic mass is 9.95. The standard InChI is InChI=1S/C26H24N4O/c1-26(2)24(23(19-29)25(31-26)21(17-27)18-28)12-10-8-6-5-7-9-11-20-13-15-22(16-14-20)30(3)4/h5-16H,1-4H3/b7-5+,8-6+,11-9+,12-10+. The van der Waals surface area contributed by atoms with Crippen LogP contribution in [0.1, 0.15) is 19.4 Å². The third kappa shape index (κ3) is 5.86. The number of hydrogen-bond donors (Lipinski definition) is 0. The molecule has 0 amide bonds. The van der Waals surface area contributed by atoms with Crippen molar-refractivity contribution in [2.24, 2.45) is 0 Å². The third-order valence-electron chi connectivity index (χ3n) is 4.58. The Morgan fingerprint density at radius 2 is 1.42 bits per heavy atom. The Bertz CT molecular complexity index is 1100. The number of allylic oxidation sites excluding steroid dienone is 8. The lowest BCUT2D eigenvalue weighted by molar-refractivity contribution is 0.0954. The molecular weight excluding hydrogens is 384 g/mol. The molecule has 0 aliphatic carbocycles. The second-order valence-corrected chi connectivity index (χ2v) is 7.41. The van der Waals surface area contributed by atoms with Gasteiger partial charge in [-0.2, -0.15) is 15.8 Å². The number of nitrogens with zero attached hydrogens (tertiary/aromatic N) is 4. The van der Waals surface area contributed by atoms with Crippen molar-refractivity contribution in [3.05, 3.63) is 94.8 Å². The smallest absolute Gasteiger partial charge is 0.172 e. The van der Waals surface area contributed by atoms with Crippen LogP contribution < -0.4 is 4.90 Å². The summed E-state index contributed by atoms with van der Waals surface area (Å²) in [6.07, 6.45) is 15.1. The van der Waals surface area contributed by atoms with Gasteiger partial charge in [-0.3, -0.25) is 0 Å². The van der Waals surface area contributed by atoms with Gasteiger partial charge in [-0.05, 0) is 31.5 Å². The molecule has 1 heterocycles. The fourth-order valence-electron chi connectivity index (χ4n) is 2.94. The Kier molecular flexibility index (Phi) is 7.79. The van der Waals surface area contributed by atoms with Gasteiger partial charge in [-0.25, -0.2) is 0 Å². The van der Waals surface area contributed by atoms with Crippen LogP contribution in [-0.2, 0) is 4.74 Å². The van der Waals surface area contributed by atoms with Gasteiger partial charge in [0.25, 0.3) is 0 Å². The van der Waals surface area contributed by atoms with E-state index in [9.17, 15) is 5.26 Å². The molecule has 0 bridgehead atoms. The highest BCUT2D eigenvalue weighted by Gasteiger charge is 2.38. The van der Waals surface area contributed by atoms with E-state index >= 15 is 0 Å². The van der Waals surface area contributed by atoms with Gasteiger partial charge in [0.1, 0.15) is 29.4 Å². The molecule has 5 nitrogen and oxygen atoms in total. The van der Waals surface area contributed by atoms with E-state index in [0.717, 1.165) is 11.3 Å². The van der Waals surface area contributed by atoms with Crippen LogP contribution in [0.25, 0.3) is 6.08 Å². The van der Waals surface area contributed by atoms with Crippen LogP contribution in [-0.4, -0.2) is 19.7 Å². The van der Waals surface area contributed by atoms with Gasteiger partial charge in [0.05, 0.1) is 0 Å². The molecular formula is C26H24N4O. The van der Waals surface area contributed by atoms with Crippen LogP contribution in [0.4, 0.5) is 5.69 Å². The summed E-state index contributed by atoms with van der Waals surface area (Å²) < 4.78 is 5.72. The molecule has 0 radical (unpaired) electrons. The summed E-state index contributed by atoms with van der Waals surface area (Å²) in [5.74, 6) is 0.0461. The van der Waals surface area contributed by atoms with Crippen LogP contribution in [0.2, 0.25) is 0 Å². The van der Waals surface area contributed by atoms with Crippen molar-refractivity contribution in [3.8, 4) is 18.2 Å². The lowest BCUT2D eigenvalue weighted by Gasteiger charge is -2.20. The molecule has 31 heavy (non-hydrogen) atoms. The highest BCUT2D eigenvalue weighted by molar-refractivity contribution is 5.60. The van der Waals surface area contributed by atoms with Crippen molar-refractivity contribution in [1.29, 1.82) is 15.8 Å². The van der Waals surface area contributed by atoms with Gasteiger partial charge in [0.15, 0.2) is 11.3 Å². The van der Waals surface area contributed by atoms with Gasteiger partial charge >= 0.3 is 0 Å². The topological polar surface area (TPSA) is 83.8 Å². The zero-order valence-electron chi connectivity index (χ0n) is 18.1. The van der Waals surface area contributed by atoms with E-state index in [0.29, 0.717) is 5.57 Å². The maximum absolute atomic E-state index is 9.50. The van der Waals surface area contributed by atoms with Crippen molar-refractivity contribution in [2.45, 2.75) is 19.4 Å². The van der Waals surface area contributed by atoms with E-state index in [1.807, 2.05) is 50.6 Å². The first-order valence-electron chi connectivity index (χ1n) is 9.68. The quantitative estimate of drug-likeness (QED) is 0.467. The van der Waals surface area contributed by atoms with E-state index in [1.54, 1.807) is 38.1 Å². The molecule has 0 aromatic heterocycles. The van der Waals surface area contributed by atoms with Crippen LogP contribution >= 0.6 is 0 Å². The van der Waals surface area contributed by atoms with E-state index in [-0.39, 0.29) is 16.9 Å². The summed E-state index contributed by atoms with van der Waals surface area (Å²) in [5, 5.41) is 27.7. The zero-order chi connectivity index (χ0) is 22.9. The maximum Gasteiger partial charge on any atom is 0.172 e. The predicted molar refractivity (Wildman–Crippen MR) is 123 cm³/mol. The fourth-order valence-corrected chi connectivity index (χ4v) is 2.94. The van der Waals surface area contributed by atoms with Crippen molar-refractivity contribution in [1.82, 2.24) is 0 Å². The molecule has 0 unspecified atom stereocenters. The number of benzene rings is 1. The van der Waals surface area contributed by atoms with Crippen molar-refractivity contribution >= 4 is 11.8 Å². The summed E-state index contributed by atoms with van der Waals surface area (Å²) in [4.78, 5) is 2.06. The Morgan fingerprint density at radius 3 is 1.94 bits per heavy atom. The minimum absolute atomic E-state index is 0.0461. The monoisotopic (exact) mass is 408 g/mol. The Morgan fingerprint density at radius 1 is 0.871 bits per heavy atom. The van der Waals surface area contributed by atoms with Gasteiger partial charge in [-0.1, -0.05) is 60.7 Å². The summed E-state index contributed by atoms with van der Waals surface area (Å²) in [5.41, 5.74) is 2.12. The highest BCUT2D eigenvalue weighted by Crippen LogP contribution is 2.40. The minimum atomic E-state index is -0.801. The van der Waals surface area contributed by atoms with Gasteiger partial charge in [0.2, 0.25) is 0 Å². The normalized spacial score (nSPS) is 15.5. The largest absolute Gasteiger partial charge is 0.480 e.